The van der Waals surface area contributed by atoms with E-state index in [4.69, 9.17) is 5.73 Å². The van der Waals surface area contributed by atoms with Crippen LogP contribution in [-0.4, -0.2) is 42.9 Å². The van der Waals surface area contributed by atoms with E-state index in [0.29, 0.717) is 19.0 Å². The third-order valence-electron chi connectivity index (χ3n) is 3.59. The fraction of sp³-hybridized carbons (Fsp3) is 0.846. The van der Waals surface area contributed by atoms with Crippen molar-refractivity contribution in [1.82, 2.24) is 10.2 Å². The summed E-state index contributed by atoms with van der Waals surface area (Å²) in [6, 6.07) is 0. The van der Waals surface area contributed by atoms with Crippen LogP contribution >= 0.6 is 0 Å². The molecule has 3 N–H and O–H groups in total. The number of carbonyl (C=O) groups excluding carboxylic acids is 2. The van der Waals surface area contributed by atoms with Crippen LogP contribution in [0.1, 0.15) is 33.6 Å². The molecule has 0 saturated carbocycles. The molecule has 1 saturated heterocycles. The zero-order chi connectivity index (χ0) is 13.8. The maximum atomic E-state index is 12.6. The maximum absolute atomic E-state index is 12.6. The Kier molecular flexibility index (Phi) is 5.14. The third kappa shape index (κ3) is 3.45. The van der Waals surface area contributed by atoms with Crippen LogP contribution in [0.25, 0.3) is 0 Å². The summed E-state index contributed by atoms with van der Waals surface area (Å²) in [5.41, 5.74) is 4.90. The number of nitrogens with two attached hydrogens (primary N) is 1. The number of hydrogen-bond donors (Lipinski definition) is 2. The molecule has 1 rings (SSSR count). The molecule has 0 aliphatic carbocycles. The lowest BCUT2D eigenvalue weighted by atomic mass is 9.82. The Balaban J connectivity index is 2.82. The quantitative estimate of drug-likeness (QED) is 0.719. The van der Waals surface area contributed by atoms with E-state index in [1.165, 1.54) is 0 Å². The Labute approximate surface area is 109 Å². The van der Waals surface area contributed by atoms with Gasteiger partial charge in [0.15, 0.2) is 0 Å². The van der Waals surface area contributed by atoms with Crippen molar-refractivity contribution in [2.45, 2.75) is 33.6 Å². The SMILES string of the molecule is CCC1(C(=O)N(CC(N)=O)CC(C)C)CCNC1. The van der Waals surface area contributed by atoms with Gasteiger partial charge in [-0.2, -0.15) is 0 Å². The fourth-order valence-electron chi connectivity index (χ4n) is 2.56. The normalized spacial score (nSPS) is 23.3. The first-order chi connectivity index (χ1) is 8.41. The molecule has 0 spiro atoms. The zero-order valence-corrected chi connectivity index (χ0v) is 11.7. The van der Waals surface area contributed by atoms with Gasteiger partial charge in [0.05, 0.1) is 12.0 Å². The maximum Gasteiger partial charge on any atom is 0.237 e. The lowest BCUT2D eigenvalue weighted by Crippen LogP contribution is -2.49. The van der Waals surface area contributed by atoms with Crippen molar-refractivity contribution in [3.05, 3.63) is 0 Å². The first-order valence-corrected chi connectivity index (χ1v) is 6.69. The summed E-state index contributed by atoms with van der Waals surface area (Å²) < 4.78 is 0. The average molecular weight is 255 g/mol. The van der Waals surface area contributed by atoms with Gasteiger partial charge in [-0.15, -0.1) is 0 Å². The molecular weight excluding hydrogens is 230 g/mol. The molecule has 0 bridgehead atoms. The van der Waals surface area contributed by atoms with Crippen molar-refractivity contribution in [3.8, 4) is 0 Å². The summed E-state index contributed by atoms with van der Waals surface area (Å²) in [7, 11) is 0. The summed E-state index contributed by atoms with van der Waals surface area (Å²) in [6.07, 6.45) is 1.64. The molecule has 0 aromatic heterocycles. The largest absolute Gasteiger partial charge is 0.368 e. The number of amides is 2. The zero-order valence-electron chi connectivity index (χ0n) is 11.7. The number of hydrogen-bond acceptors (Lipinski definition) is 3. The van der Waals surface area contributed by atoms with E-state index >= 15 is 0 Å². The van der Waals surface area contributed by atoms with Gasteiger partial charge in [0.1, 0.15) is 0 Å². The molecule has 1 aliphatic rings. The predicted octanol–water partition coefficient (Wildman–Crippen LogP) is 0.346. The number of nitrogens with one attached hydrogen (secondary N) is 1. The van der Waals surface area contributed by atoms with Crippen molar-refractivity contribution in [3.63, 3.8) is 0 Å². The minimum atomic E-state index is -0.443. The van der Waals surface area contributed by atoms with E-state index in [9.17, 15) is 9.59 Å². The highest BCUT2D eigenvalue weighted by Crippen LogP contribution is 2.31. The van der Waals surface area contributed by atoms with Crippen molar-refractivity contribution >= 4 is 11.8 Å². The van der Waals surface area contributed by atoms with Crippen LogP contribution in [0.3, 0.4) is 0 Å². The van der Waals surface area contributed by atoms with Crippen molar-refractivity contribution in [2.75, 3.05) is 26.2 Å². The molecule has 18 heavy (non-hydrogen) atoms. The molecule has 0 aromatic rings. The van der Waals surface area contributed by atoms with Gasteiger partial charge < -0.3 is 16.0 Å². The summed E-state index contributed by atoms with van der Waals surface area (Å²) in [4.78, 5) is 25.4. The molecule has 1 unspecified atom stereocenters. The van der Waals surface area contributed by atoms with E-state index in [-0.39, 0.29) is 17.9 Å². The molecule has 1 heterocycles. The summed E-state index contributed by atoms with van der Waals surface area (Å²) >= 11 is 0. The monoisotopic (exact) mass is 255 g/mol. The first-order valence-electron chi connectivity index (χ1n) is 6.69. The fourth-order valence-corrected chi connectivity index (χ4v) is 2.56. The number of primary amides is 1. The molecule has 5 nitrogen and oxygen atoms in total. The Morgan fingerprint density at radius 2 is 2.11 bits per heavy atom. The van der Waals surface area contributed by atoms with E-state index in [1.807, 2.05) is 20.8 Å². The molecule has 0 radical (unpaired) electrons. The number of carbonyl (C=O) groups is 2. The molecule has 104 valence electrons. The minimum Gasteiger partial charge on any atom is -0.368 e. The van der Waals surface area contributed by atoms with Gasteiger partial charge in [0, 0.05) is 13.1 Å². The molecule has 2 amide bonds. The van der Waals surface area contributed by atoms with Gasteiger partial charge in [-0.3, -0.25) is 9.59 Å². The van der Waals surface area contributed by atoms with E-state index in [0.717, 1.165) is 19.4 Å². The van der Waals surface area contributed by atoms with Crippen LogP contribution in [-0.2, 0) is 9.59 Å². The second-order valence-electron chi connectivity index (χ2n) is 5.61. The first kappa shape index (κ1) is 15.0. The molecule has 1 fully saturated rings. The van der Waals surface area contributed by atoms with Gasteiger partial charge in [-0.05, 0) is 25.3 Å². The van der Waals surface area contributed by atoms with Crippen LogP contribution in [0.4, 0.5) is 0 Å². The van der Waals surface area contributed by atoms with Crippen LogP contribution in [0.5, 0.6) is 0 Å². The van der Waals surface area contributed by atoms with E-state index < -0.39 is 5.91 Å². The van der Waals surface area contributed by atoms with Gasteiger partial charge >= 0.3 is 0 Å². The van der Waals surface area contributed by atoms with Crippen molar-refractivity contribution in [2.24, 2.45) is 17.1 Å². The smallest absolute Gasteiger partial charge is 0.237 e. The van der Waals surface area contributed by atoms with E-state index in [2.05, 4.69) is 5.32 Å². The molecule has 1 aliphatic heterocycles. The topological polar surface area (TPSA) is 75.4 Å². The van der Waals surface area contributed by atoms with Crippen LogP contribution in [0, 0.1) is 11.3 Å². The van der Waals surface area contributed by atoms with Crippen LogP contribution in [0.2, 0.25) is 0 Å². The number of nitrogens with zero attached hydrogens (tertiary/aromatic N) is 1. The lowest BCUT2D eigenvalue weighted by molar-refractivity contribution is -0.144. The second kappa shape index (κ2) is 6.18. The lowest BCUT2D eigenvalue weighted by Gasteiger charge is -2.33. The second-order valence-corrected chi connectivity index (χ2v) is 5.61. The van der Waals surface area contributed by atoms with Gasteiger partial charge in [-0.25, -0.2) is 0 Å². The van der Waals surface area contributed by atoms with Crippen LogP contribution < -0.4 is 11.1 Å². The molecule has 1 atom stereocenters. The standard InChI is InChI=1S/C13H25N3O2/c1-4-13(5-6-15-9-13)12(18)16(7-10(2)3)8-11(14)17/h10,15H,4-9H2,1-3H3,(H2,14,17). The molecule has 0 aromatic carbocycles. The average Bonchev–Trinajstić information content (AvgIpc) is 2.75. The summed E-state index contributed by atoms with van der Waals surface area (Å²) in [5, 5.41) is 3.24. The molecule has 5 heteroatoms. The van der Waals surface area contributed by atoms with Crippen molar-refractivity contribution in [1.29, 1.82) is 0 Å². The Bertz CT molecular complexity index is 309. The Morgan fingerprint density at radius 1 is 1.44 bits per heavy atom. The van der Waals surface area contributed by atoms with E-state index in [1.54, 1.807) is 4.90 Å². The van der Waals surface area contributed by atoms with Gasteiger partial charge in [-0.1, -0.05) is 20.8 Å². The highest BCUT2D eigenvalue weighted by atomic mass is 16.2. The number of rotatable bonds is 6. The molecular formula is C13H25N3O2. The van der Waals surface area contributed by atoms with Gasteiger partial charge in [0.2, 0.25) is 11.8 Å². The van der Waals surface area contributed by atoms with Crippen LogP contribution in [0.15, 0.2) is 0 Å². The predicted molar refractivity (Wildman–Crippen MR) is 70.8 cm³/mol. The minimum absolute atomic E-state index is 0.0266. The summed E-state index contributed by atoms with van der Waals surface area (Å²) in [5.74, 6) is -0.0414. The highest BCUT2D eigenvalue weighted by molar-refractivity contribution is 5.87. The highest BCUT2D eigenvalue weighted by Gasteiger charge is 2.42. The van der Waals surface area contributed by atoms with Crippen molar-refractivity contribution < 1.29 is 9.59 Å². The third-order valence-corrected chi connectivity index (χ3v) is 3.59. The summed E-state index contributed by atoms with van der Waals surface area (Å²) in [6.45, 7) is 8.28. The Hall–Kier alpha value is -1.10. The van der Waals surface area contributed by atoms with Gasteiger partial charge in [0.25, 0.3) is 0 Å². The Morgan fingerprint density at radius 3 is 2.50 bits per heavy atom.